The lowest BCUT2D eigenvalue weighted by Crippen LogP contribution is -2.31. The van der Waals surface area contributed by atoms with Crippen molar-refractivity contribution in [1.82, 2.24) is 4.72 Å². The third-order valence-electron chi connectivity index (χ3n) is 2.52. The molecule has 15 heavy (non-hydrogen) atoms. The van der Waals surface area contributed by atoms with E-state index in [2.05, 4.69) is 16.9 Å². The Labute approximate surface area is 96.9 Å². The van der Waals surface area contributed by atoms with Crippen molar-refractivity contribution in [2.75, 3.05) is 18.2 Å². The molecular weight excluding hydrogens is 234 g/mol. The summed E-state index contributed by atoms with van der Waals surface area (Å²) in [6.45, 7) is 0.564. The molecule has 0 heterocycles. The van der Waals surface area contributed by atoms with E-state index in [1.54, 1.807) is 0 Å². The number of nitrogens with one attached hydrogen (secondary N) is 1. The summed E-state index contributed by atoms with van der Waals surface area (Å²) in [6.07, 6.45) is 7.92. The van der Waals surface area contributed by atoms with E-state index in [-0.39, 0.29) is 5.75 Å². The first-order valence-electron chi connectivity index (χ1n) is 5.32. The molecule has 0 aromatic carbocycles. The number of rotatable bonds is 6. The van der Waals surface area contributed by atoms with E-state index >= 15 is 0 Å². The molecule has 0 aromatic rings. The first-order valence-corrected chi connectivity index (χ1v) is 7.51. The Morgan fingerprint density at radius 2 is 2.20 bits per heavy atom. The maximum atomic E-state index is 11.4. The molecule has 88 valence electrons. The highest BCUT2D eigenvalue weighted by molar-refractivity contribution is 7.89. The maximum absolute atomic E-state index is 11.4. The van der Waals surface area contributed by atoms with Crippen molar-refractivity contribution in [3.8, 4) is 0 Å². The van der Waals surface area contributed by atoms with Crippen LogP contribution in [0.15, 0.2) is 12.2 Å². The first-order chi connectivity index (χ1) is 7.14. The number of sulfonamides is 1. The number of alkyl halides is 1. The number of hydrogen-bond acceptors (Lipinski definition) is 2. The van der Waals surface area contributed by atoms with E-state index in [9.17, 15) is 8.42 Å². The summed E-state index contributed by atoms with van der Waals surface area (Å²) in [5.74, 6) is 0.993. The Bertz CT molecular complexity index is 301. The van der Waals surface area contributed by atoms with Crippen molar-refractivity contribution in [3.63, 3.8) is 0 Å². The Morgan fingerprint density at radius 3 is 2.80 bits per heavy atom. The average molecular weight is 252 g/mol. The van der Waals surface area contributed by atoms with Gasteiger partial charge in [0.15, 0.2) is 0 Å². The van der Waals surface area contributed by atoms with Crippen LogP contribution in [0.4, 0.5) is 0 Å². The average Bonchev–Trinajstić information content (AvgIpc) is 2.25. The number of halogens is 1. The molecule has 0 aliphatic heterocycles. The van der Waals surface area contributed by atoms with Crippen LogP contribution < -0.4 is 4.72 Å². The monoisotopic (exact) mass is 251 g/mol. The van der Waals surface area contributed by atoms with Crippen LogP contribution in [0, 0.1) is 5.92 Å². The van der Waals surface area contributed by atoms with Crippen molar-refractivity contribution in [3.05, 3.63) is 12.2 Å². The third-order valence-corrected chi connectivity index (χ3v) is 4.22. The van der Waals surface area contributed by atoms with Gasteiger partial charge in [0.25, 0.3) is 0 Å². The van der Waals surface area contributed by atoms with Gasteiger partial charge in [0, 0.05) is 12.4 Å². The molecule has 3 nitrogen and oxygen atoms in total. The summed E-state index contributed by atoms with van der Waals surface area (Å²) in [4.78, 5) is 0. The van der Waals surface area contributed by atoms with Gasteiger partial charge in [-0.25, -0.2) is 13.1 Å². The lowest BCUT2D eigenvalue weighted by molar-refractivity contribution is 0.468. The molecule has 1 unspecified atom stereocenters. The second-order valence-corrected chi connectivity index (χ2v) is 6.16. The molecule has 0 bridgehead atoms. The van der Waals surface area contributed by atoms with Crippen LogP contribution in [0.2, 0.25) is 0 Å². The van der Waals surface area contributed by atoms with Crippen molar-refractivity contribution >= 4 is 21.6 Å². The maximum Gasteiger partial charge on any atom is 0.211 e. The van der Waals surface area contributed by atoms with E-state index in [0.29, 0.717) is 24.8 Å². The molecule has 1 aliphatic rings. The second-order valence-electron chi connectivity index (χ2n) is 3.86. The minimum Gasteiger partial charge on any atom is -0.215 e. The molecule has 1 N–H and O–H groups in total. The van der Waals surface area contributed by atoms with Crippen LogP contribution in [-0.4, -0.2) is 26.6 Å². The number of hydrogen-bond donors (Lipinski definition) is 1. The molecule has 0 amide bonds. The van der Waals surface area contributed by atoms with Gasteiger partial charge in [-0.1, -0.05) is 12.2 Å². The Hall–Kier alpha value is -0.0600. The topological polar surface area (TPSA) is 46.2 Å². The second kappa shape index (κ2) is 6.51. The summed E-state index contributed by atoms with van der Waals surface area (Å²) >= 11 is 5.46. The van der Waals surface area contributed by atoms with Crippen LogP contribution in [0.25, 0.3) is 0 Å². The molecule has 0 aromatic heterocycles. The summed E-state index contributed by atoms with van der Waals surface area (Å²) in [5, 5.41) is 0. The first kappa shape index (κ1) is 13.0. The van der Waals surface area contributed by atoms with E-state index in [1.165, 1.54) is 0 Å². The fourth-order valence-electron chi connectivity index (χ4n) is 1.60. The largest absolute Gasteiger partial charge is 0.215 e. The summed E-state index contributed by atoms with van der Waals surface area (Å²) < 4.78 is 25.5. The van der Waals surface area contributed by atoms with Crippen molar-refractivity contribution in [2.24, 2.45) is 5.92 Å². The molecule has 0 saturated carbocycles. The van der Waals surface area contributed by atoms with Crippen LogP contribution in [0.1, 0.15) is 25.7 Å². The predicted octanol–water partition coefficient (Wildman–Crippen LogP) is 1.89. The molecule has 1 atom stereocenters. The van der Waals surface area contributed by atoms with Gasteiger partial charge >= 0.3 is 0 Å². The van der Waals surface area contributed by atoms with Gasteiger partial charge in [-0.2, -0.15) is 0 Å². The minimum absolute atomic E-state index is 0.138. The van der Waals surface area contributed by atoms with Crippen molar-refractivity contribution in [1.29, 1.82) is 0 Å². The highest BCUT2D eigenvalue weighted by atomic mass is 35.5. The van der Waals surface area contributed by atoms with Crippen LogP contribution in [-0.2, 0) is 10.0 Å². The molecular formula is C10H18ClNO2S. The van der Waals surface area contributed by atoms with Crippen LogP contribution >= 0.6 is 11.6 Å². The zero-order chi connectivity index (χ0) is 11.1. The molecule has 1 rings (SSSR count). The lowest BCUT2D eigenvalue weighted by atomic mass is 9.95. The molecule has 0 spiro atoms. The Balaban J connectivity index is 2.26. The Morgan fingerprint density at radius 1 is 1.40 bits per heavy atom. The quantitative estimate of drug-likeness (QED) is 0.579. The summed E-state index contributed by atoms with van der Waals surface area (Å²) in [6, 6.07) is 0. The van der Waals surface area contributed by atoms with Crippen LogP contribution in [0.3, 0.4) is 0 Å². The Kier molecular flexibility index (Phi) is 5.64. The summed E-state index contributed by atoms with van der Waals surface area (Å²) in [5.41, 5.74) is 0. The SMILES string of the molecule is O=S(=O)(CCCCl)NCC1CC=CCC1. The predicted molar refractivity (Wildman–Crippen MR) is 63.6 cm³/mol. The van der Waals surface area contributed by atoms with Gasteiger partial charge < -0.3 is 0 Å². The number of allylic oxidation sites excluding steroid dienone is 2. The van der Waals surface area contributed by atoms with Gasteiger partial charge in [0.2, 0.25) is 10.0 Å². The van der Waals surface area contributed by atoms with E-state index in [1.807, 2.05) is 0 Å². The van der Waals surface area contributed by atoms with Gasteiger partial charge in [-0.05, 0) is 31.6 Å². The van der Waals surface area contributed by atoms with Gasteiger partial charge in [-0.15, -0.1) is 11.6 Å². The smallest absolute Gasteiger partial charge is 0.211 e. The normalized spacial score (nSPS) is 21.8. The highest BCUT2D eigenvalue weighted by Crippen LogP contribution is 2.17. The molecule has 0 radical (unpaired) electrons. The molecule has 5 heteroatoms. The molecule has 0 fully saturated rings. The highest BCUT2D eigenvalue weighted by Gasteiger charge is 2.14. The van der Waals surface area contributed by atoms with E-state index in [0.717, 1.165) is 19.3 Å². The van der Waals surface area contributed by atoms with Crippen LogP contribution in [0.5, 0.6) is 0 Å². The van der Waals surface area contributed by atoms with Crippen molar-refractivity contribution < 1.29 is 8.42 Å². The lowest BCUT2D eigenvalue weighted by Gasteiger charge is -2.17. The molecule has 1 aliphatic carbocycles. The van der Waals surface area contributed by atoms with Gasteiger partial charge in [0.05, 0.1) is 5.75 Å². The minimum atomic E-state index is -3.10. The van der Waals surface area contributed by atoms with E-state index < -0.39 is 10.0 Å². The fourth-order valence-corrected chi connectivity index (χ4v) is 3.05. The zero-order valence-corrected chi connectivity index (χ0v) is 10.4. The standard InChI is InChI=1S/C10H18ClNO2S/c11-7-4-8-15(13,14)12-9-10-5-2-1-3-6-10/h1-2,10,12H,3-9H2. The van der Waals surface area contributed by atoms with Crippen molar-refractivity contribution in [2.45, 2.75) is 25.7 Å². The fraction of sp³-hybridized carbons (Fsp3) is 0.800. The van der Waals surface area contributed by atoms with E-state index in [4.69, 9.17) is 11.6 Å². The third kappa shape index (κ3) is 5.54. The molecule has 0 saturated heterocycles. The van der Waals surface area contributed by atoms with Gasteiger partial charge in [-0.3, -0.25) is 0 Å². The van der Waals surface area contributed by atoms with Gasteiger partial charge in [0.1, 0.15) is 0 Å². The summed E-state index contributed by atoms with van der Waals surface area (Å²) in [7, 11) is -3.10. The zero-order valence-electron chi connectivity index (χ0n) is 8.78.